The highest BCUT2D eigenvalue weighted by molar-refractivity contribution is 4.78. The summed E-state index contributed by atoms with van der Waals surface area (Å²) in [5.74, 6) is 1.95. The van der Waals surface area contributed by atoms with E-state index in [0.29, 0.717) is 6.04 Å². The zero-order valence-corrected chi connectivity index (χ0v) is 12.2. The molecule has 1 heterocycles. The van der Waals surface area contributed by atoms with Crippen LogP contribution < -0.4 is 5.73 Å². The van der Waals surface area contributed by atoms with Crippen molar-refractivity contribution in [1.82, 2.24) is 4.90 Å². The third-order valence-corrected chi connectivity index (χ3v) is 5.05. The molecule has 0 amide bonds. The summed E-state index contributed by atoms with van der Waals surface area (Å²) in [6, 6.07) is 0.499. The summed E-state index contributed by atoms with van der Waals surface area (Å²) >= 11 is 0. The third-order valence-electron chi connectivity index (χ3n) is 5.05. The molecule has 1 saturated carbocycles. The average Bonchev–Trinajstić information content (AvgIpc) is 2.59. The molecule has 18 heavy (non-hydrogen) atoms. The van der Waals surface area contributed by atoms with Gasteiger partial charge in [-0.2, -0.15) is 0 Å². The van der Waals surface area contributed by atoms with Crippen LogP contribution in [0.3, 0.4) is 0 Å². The van der Waals surface area contributed by atoms with Crippen LogP contribution in [-0.2, 0) is 0 Å². The predicted molar refractivity (Wildman–Crippen MR) is 78.6 cm³/mol. The number of likely N-dealkylation sites (tertiary alicyclic amines) is 1. The Bertz CT molecular complexity index is 221. The Morgan fingerprint density at radius 2 is 1.72 bits per heavy atom. The maximum absolute atomic E-state index is 5.99. The molecular formula is C16H32N2. The van der Waals surface area contributed by atoms with Crippen molar-refractivity contribution in [3.8, 4) is 0 Å². The fraction of sp³-hybridized carbons (Fsp3) is 1.00. The highest BCUT2D eigenvalue weighted by Gasteiger charge is 2.22. The van der Waals surface area contributed by atoms with Crippen molar-refractivity contribution in [2.45, 2.75) is 70.8 Å². The van der Waals surface area contributed by atoms with Crippen LogP contribution in [0.25, 0.3) is 0 Å². The minimum absolute atomic E-state index is 0.499. The number of nitrogens with zero attached hydrogens (tertiary/aromatic N) is 1. The van der Waals surface area contributed by atoms with Gasteiger partial charge in [-0.05, 0) is 69.9 Å². The molecule has 1 aliphatic carbocycles. The summed E-state index contributed by atoms with van der Waals surface area (Å²) < 4.78 is 0. The van der Waals surface area contributed by atoms with Gasteiger partial charge in [0.15, 0.2) is 0 Å². The highest BCUT2D eigenvalue weighted by atomic mass is 15.1. The van der Waals surface area contributed by atoms with Crippen LogP contribution in [-0.4, -0.2) is 30.6 Å². The van der Waals surface area contributed by atoms with Crippen molar-refractivity contribution >= 4 is 0 Å². The molecule has 2 fully saturated rings. The first-order chi connectivity index (χ1) is 8.78. The van der Waals surface area contributed by atoms with Gasteiger partial charge in [-0.3, -0.25) is 0 Å². The number of hydrogen-bond donors (Lipinski definition) is 1. The van der Waals surface area contributed by atoms with Crippen molar-refractivity contribution in [3.63, 3.8) is 0 Å². The third kappa shape index (κ3) is 4.55. The first-order valence-electron chi connectivity index (χ1n) is 8.26. The molecule has 1 saturated heterocycles. The zero-order chi connectivity index (χ0) is 12.8. The van der Waals surface area contributed by atoms with E-state index in [2.05, 4.69) is 11.8 Å². The number of nitrogens with two attached hydrogens (primary N) is 1. The normalized spacial score (nSPS) is 35.3. The molecule has 2 heteroatoms. The Kier molecular flexibility index (Phi) is 5.97. The van der Waals surface area contributed by atoms with Crippen LogP contribution >= 0.6 is 0 Å². The molecule has 0 aromatic carbocycles. The topological polar surface area (TPSA) is 29.3 Å². The maximum atomic E-state index is 5.99. The molecule has 106 valence electrons. The first kappa shape index (κ1) is 14.3. The van der Waals surface area contributed by atoms with E-state index in [9.17, 15) is 0 Å². The van der Waals surface area contributed by atoms with Crippen LogP contribution in [0.5, 0.6) is 0 Å². The van der Waals surface area contributed by atoms with Gasteiger partial charge >= 0.3 is 0 Å². The molecule has 2 rings (SSSR count). The lowest BCUT2D eigenvalue weighted by atomic mass is 9.86. The predicted octanol–water partition coefficient (Wildman–Crippen LogP) is 3.41. The first-order valence-corrected chi connectivity index (χ1v) is 8.26. The van der Waals surface area contributed by atoms with E-state index in [1.807, 2.05) is 0 Å². The Hall–Kier alpha value is -0.0800. The Morgan fingerprint density at radius 1 is 0.944 bits per heavy atom. The zero-order valence-electron chi connectivity index (χ0n) is 12.2. The summed E-state index contributed by atoms with van der Waals surface area (Å²) in [7, 11) is 0. The lowest BCUT2D eigenvalue weighted by Gasteiger charge is -2.31. The molecule has 0 radical (unpaired) electrons. The Balaban J connectivity index is 1.70. The summed E-state index contributed by atoms with van der Waals surface area (Å²) in [5, 5.41) is 0. The molecular weight excluding hydrogens is 220 g/mol. The van der Waals surface area contributed by atoms with Gasteiger partial charge in [-0.25, -0.2) is 0 Å². The fourth-order valence-electron chi connectivity index (χ4n) is 3.84. The highest BCUT2D eigenvalue weighted by Crippen LogP contribution is 2.26. The molecule has 2 aliphatic rings. The van der Waals surface area contributed by atoms with Gasteiger partial charge in [0, 0.05) is 12.6 Å². The largest absolute Gasteiger partial charge is 0.328 e. The molecule has 1 unspecified atom stereocenters. The lowest BCUT2D eigenvalue weighted by molar-refractivity contribution is 0.197. The second kappa shape index (κ2) is 7.49. The summed E-state index contributed by atoms with van der Waals surface area (Å²) in [4.78, 5) is 2.75. The van der Waals surface area contributed by atoms with Crippen LogP contribution in [0.1, 0.15) is 64.7 Å². The molecule has 0 aromatic rings. The van der Waals surface area contributed by atoms with Crippen molar-refractivity contribution in [2.24, 2.45) is 17.6 Å². The number of rotatable bonds is 4. The van der Waals surface area contributed by atoms with Crippen molar-refractivity contribution in [2.75, 3.05) is 19.6 Å². The monoisotopic (exact) mass is 252 g/mol. The van der Waals surface area contributed by atoms with Gasteiger partial charge in [-0.15, -0.1) is 0 Å². The van der Waals surface area contributed by atoms with E-state index in [0.717, 1.165) is 11.8 Å². The van der Waals surface area contributed by atoms with Gasteiger partial charge in [0.2, 0.25) is 0 Å². The standard InChI is InChI=1S/C16H32N2/c1-2-4-14-5-3-11-18(12-10-14)13-15-6-8-16(17)9-7-15/h14-16H,2-13,17H2,1H3. The maximum Gasteiger partial charge on any atom is 0.00390 e. The summed E-state index contributed by atoms with van der Waals surface area (Å²) in [6.07, 6.45) is 12.4. The van der Waals surface area contributed by atoms with E-state index in [1.54, 1.807) is 0 Å². The van der Waals surface area contributed by atoms with Crippen LogP contribution in [0.4, 0.5) is 0 Å². The van der Waals surface area contributed by atoms with Crippen molar-refractivity contribution < 1.29 is 0 Å². The quantitative estimate of drug-likeness (QED) is 0.831. The minimum atomic E-state index is 0.499. The minimum Gasteiger partial charge on any atom is -0.328 e. The van der Waals surface area contributed by atoms with E-state index >= 15 is 0 Å². The molecule has 0 spiro atoms. The molecule has 0 bridgehead atoms. The van der Waals surface area contributed by atoms with Gasteiger partial charge < -0.3 is 10.6 Å². The Labute approximate surface area is 113 Å². The van der Waals surface area contributed by atoms with Gasteiger partial charge in [-0.1, -0.05) is 19.8 Å². The van der Waals surface area contributed by atoms with Crippen molar-refractivity contribution in [1.29, 1.82) is 0 Å². The SMILES string of the molecule is CCCC1CCCN(CC2CCC(N)CC2)CC1. The number of hydrogen-bond acceptors (Lipinski definition) is 2. The Morgan fingerprint density at radius 3 is 2.44 bits per heavy atom. The van der Waals surface area contributed by atoms with Crippen LogP contribution in [0, 0.1) is 11.8 Å². The van der Waals surface area contributed by atoms with Crippen LogP contribution in [0.2, 0.25) is 0 Å². The van der Waals surface area contributed by atoms with E-state index in [-0.39, 0.29) is 0 Å². The molecule has 0 aromatic heterocycles. The second-order valence-electron chi connectivity index (χ2n) is 6.67. The van der Waals surface area contributed by atoms with Crippen molar-refractivity contribution in [3.05, 3.63) is 0 Å². The average molecular weight is 252 g/mol. The summed E-state index contributed by atoms with van der Waals surface area (Å²) in [5.41, 5.74) is 5.99. The van der Waals surface area contributed by atoms with Gasteiger partial charge in [0.1, 0.15) is 0 Å². The van der Waals surface area contributed by atoms with E-state index < -0.39 is 0 Å². The molecule has 2 N–H and O–H groups in total. The smallest absolute Gasteiger partial charge is 0.00390 e. The molecule has 2 nitrogen and oxygen atoms in total. The van der Waals surface area contributed by atoms with E-state index in [4.69, 9.17) is 5.73 Å². The van der Waals surface area contributed by atoms with Gasteiger partial charge in [0.25, 0.3) is 0 Å². The summed E-state index contributed by atoms with van der Waals surface area (Å²) in [6.45, 7) is 6.38. The molecule has 1 atom stereocenters. The fourth-order valence-corrected chi connectivity index (χ4v) is 3.84. The van der Waals surface area contributed by atoms with E-state index in [1.165, 1.54) is 77.4 Å². The van der Waals surface area contributed by atoms with Gasteiger partial charge in [0.05, 0.1) is 0 Å². The van der Waals surface area contributed by atoms with Crippen LogP contribution in [0.15, 0.2) is 0 Å². The lowest BCUT2D eigenvalue weighted by Crippen LogP contribution is -2.35. The molecule has 1 aliphatic heterocycles. The second-order valence-corrected chi connectivity index (χ2v) is 6.67.